The summed E-state index contributed by atoms with van der Waals surface area (Å²) in [6.07, 6.45) is 4.20. The van der Waals surface area contributed by atoms with Gasteiger partial charge in [-0.2, -0.15) is 0 Å². The van der Waals surface area contributed by atoms with Crippen LogP contribution < -0.4 is 20.5 Å². The van der Waals surface area contributed by atoms with Crippen molar-refractivity contribution in [2.45, 2.75) is 71.4 Å². The molecule has 2 aromatic rings. The van der Waals surface area contributed by atoms with Crippen LogP contribution in [0.15, 0.2) is 36.4 Å². The van der Waals surface area contributed by atoms with Gasteiger partial charge in [-0.1, -0.05) is 13.8 Å². The van der Waals surface area contributed by atoms with Crippen molar-refractivity contribution < 1.29 is 33.6 Å². The fourth-order valence-electron chi connectivity index (χ4n) is 5.50. The van der Waals surface area contributed by atoms with Crippen LogP contribution in [-0.2, 0) is 27.2 Å². The fourth-order valence-corrected chi connectivity index (χ4v) is 5.50. The Hall–Kier alpha value is -4.34. The summed E-state index contributed by atoms with van der Waals surface area (Å²) < 4.78 is 15.6. The van der Waals surface area contributed by atoms with Gasteiger partial charge in [0.2, 0.25) is 0 Å². The van der Waals surface area contributed by atoms with Crippen molar-refractivity contribution in [3.8, 4) is 11.5 Å². The van der Waals surface area contributed by atoms with Gasteiger partial charge in [0.1, 0.15) is 11.5 Å². The first-order valence-electron chi connectivity index (χ1n) is 16.8. The van der Waals surface area contributed by atoms with E-state index in [1.165, 1.54) is 26.4 Å². The van der Waals surface area contributed by atoms with Crippen LogP contribution in [0.3, 0.4) is 0 Å². The summed E-state index contributed by atoms with van der Waals surface area (Å²) in [5.41, 5.74) is 7.33. The Bertz CT molecular complexity index is 1360. The maximum absolute atomic E-state index is 12.3. The Labute approximate surface area is 288 Å². The molecule has 15 heteroatoms. The summed E-state index contributed by atoms with van der Waals surface area (Å²) in [6, 6.07) is 9.46. The summed E-state index contributed by atoms with van der Waals surface area (Å²) in [4.78, 5) is 51.1. The van der Waals surface area contributed by atoms with E-state index >= 15 is 0 Å². The first kappa shape index (κ1) is 40.8. The van der Waals surface area contributed by atoms with Crippen LogP contribution in [0.1, 0.15) is 63.5 Å². The van der Waals surface area contributed by atoms with Gasteiger partial charge in [0.15, 0.2) is 6.23 Å². The van der Waals surface area contributed by atoms with Crippen molar-refractivity contribution in [3.63, 3.8) is 0 Å². The van der Waals surface area contributed by atoms with Gasteiger partial charge in [0.25, 0.3) is 11.4 Å². The molecule has 2 aromatic carbocycles. The average molecular weight is 689 g/mol. The van der Waals surface area contributed by atoms with Gasteiger partial charge in [0, 0.05) is 42.9 Å². The van der Waals surface area contributed by atoms with E-state index in [0.717, 1.165) is 38.9 Å². The van der Waals surface area contributed by atoms with Gasteiger partial charge < -0.3 is 29.3 Å². The molecule has 0 radical (unpaired) electrons. The molecule has 0 bridgehead atoms. The second-order valence-electron chi connectivity index (χ2n) is 11.7. The SMILES string of the molecule is CCCN(CCCCNC(=O)C(=O)OC(N)CCCN(CCC)CCc1cc(OC)ccc1[N+](=O)[O-])CCc1cc(OC)ccc1[N+](=O)[O-]. The third kappa shape index (κ3) is 14.8. The number of carbonyl (C=O) groups excluding carboxylic acids is 2. The maximum Gasteiger partial charge on any atom is 0.398 e. The zero-order valence-corrected chi connectivity index (χ0v) is 29.2. The van der Waals surface area contributed by atoms with Gasteiger partial charge >= 0.3 is 11.9 Å². The summed E-state index contributed by atoms with van der Waals surface area (Å²) >= 11 is 0. The van der Waals surface area contributed by atoms with Crippen molar-refractivity contribution in [3.05, 3.63) is 67.8 Å². The molecular weight excluding hydrogens is 636 g/mol. The number of methoxy groups -OCH3 is 2. The molecule has 1 unspecified atom stereocenters. The summed E-state index contributed by atoms with van der Waals surface area (Å²) in [5, 5.41) is 25.5. The molecule has 0 fully saturated rings. The number of nitrogens with two attached hydrogens (primary N) is 1. The summed E-state index contributed by atoms with van der Waals surface area (Å²) in [5.74, 6) is -0.745. The molecule has 49 heavy (non-hydrogen) atoms. The monoisotopic (exact) mass is 688 g/mol. The number of nitrogens with zero attached hydrogens (tertiary/aromatic N) is 4. The van der Waals surface area contributed by atoms with Crippen LogP contribution in [0.25, 0.3) is 0 Å². The van der Waals surface area contributed by atoms with E-state index in [0.29, 0.717) is 80.9 Å². The van der Waals surface area contributed by atoms with E-state index in [-0.39, 0.29) is 16.3 Å². The Kier molecular flexibility index (Phi) is 18.6. The van der Waals surface area contributed by atoms with Crippen molar-refractivity contribution in [1.29, 1.82) is 0 Å². The predicted octanol–water partition coefficient (Wildman–Crippen LogP) is 4.23. The minimum absolute atomic E-state index is 0.0542. The lowest BCUT2D eigenvalue weighted by atomic mass is 10.1. The number of amides is 1. The summed E-state index contributed by atoms with van der Waals surface area (Å²) in [6.45, 7) is 8.65. The highest BCUT2D eigenvalue weighted by Crippen LogP contribution is 2.26. The lowest BCUT2D eigenvalue weighted by Crippen LogP contribution is -2.38. The van der Waals surface area contributed by atoms with Gasteiger partial charge in [-0.3, -0.25) is 30.8 Å². The number of nitro groups is 2. The van der Waals surface area contributed by atoms with E-state index in [9.17, 15) is 29.8 Å². The van der Waals surface area contributed by atoms with Crippen molar-refractivity contribution in [2.24, 2.45) is 5.73 Å². The molecule has 0 aromatic heterocycles. The van der Waals surface area contributed by atoms with Crippen LogP contribution in [0.4, 0.5) is 11.4 Å². The number of ether oxygens (including phenoxy) is 3. The van der Waals surface area contributed by atoms with Crippen LogP contribution >= 0.6 is 0 Å². The first-order chi connectivity index (χ1) is 23.5. The summed E-state index contributed by atoms with van der Waals surface area (Å²) in [7, 11) is 3.04. The standard InChI is InChI=1S/C34H52N6O9/c1-5-18-37(22-15-26-24-28(47-3)11-13-30(26)39(43)44)20-8-7-17-36-33(41)34(42)49-32(35)10-9-21-38(19-6-2)23-16-27-25-29(48-4)12-14-31(27)40(45)46/h11-14,24-25,32H,5-10,15-23,35H2,1-4H3,(H,36,41). The molecule has 1 amide bonds. The number of esters is 1. The van der Waals surface area contributed by atoms with Crippen molar-refractivity contribution in [1.82, 2.24) is 15.1 Å². The molecule has 0 saturated heterocycles. The van der Waals surface area contributed by atoms with Crippen molar-refractivity contribution >= 4 is 23.3 Å². The Morgan fingerprint density at radius 3 is 1.71 bits per heavy atom. The number of nitro benzene ring substituents is 2. The molecular formula is C34H52N6O9. The van der Waals surface area contributed by atoms with Gasteiger partial charge in [-0.05, 0) is 102 Å². The number of hydrogen-bond acceptors (Lipinski definition) is 12. The molecule has 0 aliphatic heterocycles. The highest BCUT2D eigenvalue weighted by molar-refractivity contribution is 6.32. The molecule has 0 heterocycles. The number of hydrogen-bond donors (Lipinski definition) is 2. The van der Waals surface area contributed by atoms with E-state index in [2.05, 4.69) is 22.0 Å². The molecule has 3 N–H and O–H groups in total. The number of unbranched alkanes of at least 4 members (excludes halogenated alkanes) is 1. The van der Waals surface area contributed by atoms with E-state index in [4.69, 9.17) is 19.9 Å². The highest BCUT2D eigenvalue weighted by atomic mass is 16.6. The second-order valence-corrected chi connectivity index (χ2v) is 11.7. The van der Waals surface area contributed by atoms with E-state index < -0.39 is 23.0 Å². The number of carbonyl (C=O) groups is 2. The third-order valence-electron chi connectivity index (χ3n) is 8.03. The molecule has 1 atom stereocenters. The number of nitrogens with one attached hydrogen (secondary N) is 1. The van der Waals surface area contributed by atoms with Gasteiger partial charge in [-0.25, -0.2) is 4.79 Å². The van der Waals surface area contributed by atoms with Crippen LogP contribution in [0.2, 0.25) is 0 Å². The Morgan fingerprint density at radius 1 is 0.776 bits per heavy atom. The van der Waals surface area contributed by atoms with Crippen molar-refractivity contribution in [2.75, 3.05) is 60.0 Å². The van der Waals surface area contributed by atoms with E-state index in [1.54, 1.807) is 24.3 Å². The molecule has 15 nitrogen and oxygen atoms in total. The average Bonchev–Trinajstić information content (AvgIpc) is 3.08. The fraction of sp³-hybridized carbons (Fsp3) is 0.588. The van der Waals surface area contributed by atoms with E-state index in [1.807, 2.05) is 6.92 Å². The van der Waals surface area contributed by atoms with Gasteiger partial charge in [-0.15, -0.1) is 0 Å². The zero-order valence-electron chi connectivity index (χ0n) is 29.2. The molecule has 0 aliphatic rings. The lowest BCUT2D eigenvalue weighted by Gasteiger charge is -2.22. The third-order valence-corrected chi connectivity index (χ3v) is 8.03. The predicted molar refractivity (Wildman–Crippen MR) is 186 cm³/mol. The maximum atomic E-state index is 12.3. The minimum Gasteiger partial charge on any atom is -0.497 e. The normalized spacial score (nSPS) is 11.7. The molecule has 272 valence electrons. The van der Waals surface area contributed by atoms with Crippen LogP contribution in [0.5, 0.6) is 11.5 Å². The quantitative estimate of drug-likeness (QED) is 0.0399. The molecule has 0 aliphatic carbocycles. The highest BCUT2D eigenvalue weighted by Gasteiger charge is 2.20. The lowest BCUT2D eigenvalue weighted by molar-refractivity contribution is -0.385. The number of benzene rings is 2. The minimum atomic E-state index is -1.03. The smallest absolute Gasteiger partial charge is 0.398 e. The zero-order chi connectivity index (χ0) is 36.2. The van der Waals surface area contributed by atoms with Crippen LogP contribution in [-0.4, -0.2) is 97.8 Å². The second kappa shape index (κ2) is 22.3. The Balaban J connectivity index is 1.71. The molecule has 0 saturated carbocycles. The largest absolute Gasteiger partial charge is 0.497 e. The topological polar surface area (TPSA) is 193 Å². The Morgan fingerprint density at radius 2 is 1.27 bits per heavy atom. The first-order valence-corrected chi connectivity index (χ1v) is 16.8. The van der Waals surface area contributed by atoms with Gasteiger partial charge in [0.05, 0.1) is 24.1 Å². The number of rotatable bonds is 24. The van der Waals surface area contributed by atoms with Crippen LogP contribution in [0, 0.1) is 20.2 Å². The molecule has 0 spiro atoms. The molecule has 2 rings (SSSR count).